The lowest BCUT2D eigenvalue weighted by atomic mass is 10.1. The molecule has 30 heavy (non-hydrogen) atoms. The SMILES string of the molecule is CS(=O)(=O)c1ccc(NCCNc2cc(C#N)c3cc(Cl)ccc3n2)c([N+](=O)[O-])c1. The van der Waals surface area contributed by atoms with Gasteiger partial charge in [0.2, 0.25) is 0 Å². The Bertz CT molecular complexity index is 1290. The van der Waals surface area contributed by atoms with Gasteiger partial charge in [0, 0.05) is 35.8 Å². The predicted molar refractivity (Wildman–Crippen MR) is 115 cm³/mol. The Morgan fingerprint density at radius 1 is 1.17 bits per heavy atom. The van der Waals surface area contributed by atoms with E-state index in [1.165, 1.54) is 12.1 Å². The number of nitriles is 1. The Labute approximate surface area is 177 Å². The highest BCUT2D eigenvalue weighted by molar-refractivity contribution is 7.90. The van der Waals surface area contributed by atoms with Crippen molar-refractivity contribution in [3.63, 3.8) is 0 Å². The van der Waals surface area contributed by atoms with Gasteiger partial charge in [0.05, 0.1) is 27.0 Å². The number of benzene rings is 2. The minimum absolute atomic E-state index is 0.123. The van der Waals surface area contributed by atoms with Crippen LogP contribution in [0, 0.1) is 21.4 Å². The molecule has 154 valence electrons. The predicted octanol–water partition coefficient (Wildman–Crippen LogP) is 3.60. The second kappa shape index (κ2) is 8.52. The van der Waals surface area contributed by atoms with Gasteiger partial charge in [-0.1, -0.05) is 11.6 Å². The van der Waals surface area contributed by atoms with Gasteiger partial charge in [0.25, 0.3) is 5.69 Å². The normalized spacial score (nSPS) is 11.1. The van der Waals surface area contributed by atoms with Crippen LogP contribution in [0.2, 0.25) is 5.02 Å². The van der Waals surface area contributed by atoms with Crippen LogP contribution < -0.4 is 10.6 Å². The van der Waals surface area contributed by atoms with Crippen LogP contribution in [-0.4, -0.2) is 37.7 Å². The molecule has 0 radical (unpaired) electrons. The molecule has 0 aliphatic heterocycles. The van der Waals surface area contributed by atoms with Crippen molar-refractivity contribution in [2.24, 2.45) is 0 Å². The van der Waals surface area contributed by atoms with Gasteiger partial charge in [-0.15, -0.1) is 0 Å². The van der Waals surface area contributed by atoms with E-state index in [2.05, 4.69) is 21.7 Å². The monoisotopic (exact) mass is 445 g/mol. The molecule has 3 aromatic rings. The Balaban J connectivity index is 1.72. The van der Waals surface area contributed by atoms with Crippen LogP contribution in [-0.2, 0) is 9.84 Å². The smallest absolute Gasteiger partial charge is 0.293 e. The van der Waals surface area contributed by atoms with Crippen LogP contribution in [0.15, 0.2) is 47.4 Å². The number of pyridine rings is 1. The molecular weight excluding hydrogens is 430 g/mol. The Kier molecular flexibility index (Phi) is 6.05. The summed E-state index contributed by atoms with van der Waals surface area (Å²) in [5, 5.41) is 27.8. The summed E-state index contributed by atoms with van der Waals surface area (Å²) in [6.07, 6.45) is 0.989. The minimum Gasteiger partial charge on any atom is -0.378 e. The van der Waals surface area contributed by atoms with Gasteiger partial charge in [-0.25, -0.2) is 13.4 Å². The zero-order valence-corrected chi connectivity index (χ0v) is 17.3. The summed E-state index contributed by atoms with van der Waals surface area (Å²) in [6.45, 7) is 0.642. The molecule has 0 aliphatic rings. The maximum atomic E-state index is 11.6. The topological polar surface area (TPSA) is 138 Å². The molecule has 0 bridgehead atoms. The standard InChI is InChI=1S/C19H16ClN5O4S/c1-30(28,29)14-3-5-17(18(10-14)25(26)27)22-6-7-23-19-8-12(11-21)15-9-13(20)2-4-16(15)24-19/h2-5,8-10,22H,6-7H2,1H3,(H,23,24). The molecule has 0 unspecified atom stereocenters. The molecular formula is C19H16ClN5O4S. The lowest BCUT2D eigenvalue weighted by Crippen LogP contribution is -2.15. The number of rotatable bonds is 7. The molecule has 0 saturated carbocycles. The second-order valence-corrected chi connectivity index (χ2v) is 8.84. The first-order valence-corrected chi connectivity index (χ1v) is 10.9. The van der Waals surface area contributed by atoms with Gasteiger partial charge in [-0.2, -0.15) is 5.26 Å². The quantitative estimate of drug-likeness (QED) is 0.319. The third-order valence-corrected chi connectivity index (χ3v) is 5.58. The van der Waals surface area contributed by atoms with Gasteiger partial charge < -0.3 is 10.6 Å². The van der Waals surface area contributed by atoms with Crippen molar-refractivity contribution in [3.8, 4) is 6.07 Å². The van der Waals surface area contributed by atoms with E-state index >= 15 is 0 Å². The number of nitro groups is 1. The maximum absolute atomic E-state index is 11.6. The summed E-state index contributed by atoms with van der Waals surface area (Å²) in [6, 6.07) is 12.5. The number of fused-ring (bicyclic) bond motifs is 1. The maximum Gasteiger partial charge on any atom is 0.293 e. The van der Waals surface area contributed by atoms with Crippen LogP contribution in [0.4, 0.5) is 17.2 Å². The average molecular weight is 446 g/mol. The van der Waals surface area contributed by atoms with Crippen molar-refractivity contribution in [1.29, 1.82) is 5.26 Å². The number of nitrogens with one attached hydrogen (secondary N) is 2. The lowest BCUT2D eigenvalue weighted by molar-refractivity contribution is -0.384. The highest BCUT2D eigenvalue weighted by atomic mass is 35.5. The molecule has 0 atom stereocenters. The Hall–Kier alpha value is -3.42. The highest BCUT2D eigenvalue weighted by Crippen LogP contribution is 2.27. The fraction of sp³-hybridized carbons (Fsp3) is 0.158. The van der Waals surface area contributed by atoms with Gasteiger partial charge in [-0.3, -0.25) is 10.1 Å². The molecule has 9 nitrogen and oxygen atoms in total. The van der Waals surface area contributed by atoms with Gasteiger partial charge in [0.15, 0.2) is 9.84 Å². The van der Waals surface area contributed by atoms with Crippen molar-refractivity contribution in [1.82, 2.24) is 4.98 Å². The largest absolute Gasteiger partial charge is 0.378 e. The number of anilines is 2. The fourth-order valence-corrected chi connectivity index (χ4v) is 3.62. The van der Waals surface area contributed by atoms with E-state index in [9.17, 15) is 23.8 Å². The van der Waals surface area contributed by atoms with Gasteiger partial charge >= 0.3 is 0 Å². The summed E-state index contributed by atoms with van der Waals surface area (Å²) in [7, 11) is -3.55. The molecule has 0 amide bonds. The fourth-order valence-electron chi connectivity index (χ4n) is 2.81. The first-order chi connectivity index (χ1) is 14.2. The number of nitrogens with zero attached hydrogens (tertiary/aromatic N) is 3. The molecule has 1 heterocycles. The third kappa shape index (κ3) is 4.76. The molecule has 0 aliphatic carbocycles. The molecule has 2 aromatic carbocycles. The molecule has 1 aromatic heterocycles. The summed E-state index contributed by atoms with van der Waals surface area (Å²) in [5.41, 5.74) is 0.907. The molecule has 2 N–H and O–H groups in total. The number of halogens is 1. The van der Waals surface area contributed by atoms with E-state index in [0.29, 0.717) is 40.4 Å². The van der Waals surface area contributed by atoms with Crippen LogP contribution >= 0.6 is 11.6 Å². The number of sulfone groups is 1. The first-order valence-electron chi connectivity index (χ1n) is 8.65. The molecule has 0 fully saturated rings. The van der Waals surface area contributed by atoms with E-state index in [0.717, 1.165) is 12.3 Å². The number of hydrogen-bond acceptors (Lipinski definition) is 8. The number of aromatic nitrogens is 1. The van der Waals surface area contributed by atoms with E-state index in [-0.39, 0.29) is 16.3 Å². The highest BCUT2D eigenvalue weighted by Gasteiger charge is 2.18. The Morgan fingerprint density at radius 3 is 2.57 bits per heavy atom. The van der Waals surface area contributed by atoms with E-state index < -0.39 is 14.8 Å². The zero-order chi connectivity index (χ0) is 21.9. The lowest BCUT2D eigenvalue weighted by Gasteiger charge is -2.11. The minimum atomic E-state index is -3.55. The van der Waals surface area contributed by atoms with Crippen LogP contribution in [0.5, 0.6) is 0 Å². The first kappa shape index (κ1) is 21.3. The van der Waals surface area contributed by atoms with E-state index in [4.69, 9.17) is 11.6 Å². The molecule has 0 saturated heterocycles. The van der Waals surface area contributed by atoms with Crippen molar-refractivity contribution in [3.05, 3.63) is 63.2 Å². The molecule has 11 heteroatoms. The number of hydrogen-bond donors (Lipinski definition) is 2. The van der Waals surface area contributed by atoms with Crippen LogP contribution in [0.3, 0.4) is 0 Å². The van der Waals surface area contributed by atoms with Crippen molar-refractivity contribution < 1.29 is 13.3 Å². The summed E-state index contributed by atoms with van der Waals surface area (Å²) in [4.78, 5) is 14.9. The summed E-state index contributed by atoms with van der Waals surface area (Å²) in [5.74, 6) is 0.477. The average Bonchev–Trinajstić information content (AvgIpc) is 2.70. The van der Waals surface area contributed by atoms with Crippen LogP contribution in [0.1, 0.15) is 5.56 Å². The van der Waals surface area contributed by atoms with Crippen LogP contribution in [0.25, 0.3) is 10.9 Å². The van der Waals surface area contributed by atoms with E-state index in [1.807, 2.05) is 0 Å². The Morgan fingerprint density at radius 2 is 1.90 bits per heavy atom. The summed E-state index contributed by atoms with van der Waals surface area (Å²) < 4.78 is 23.2. The third-order valence-electron chi connectivity index (χ3n) is 4.23. The van der Waals surface area contributed by atoms with Gasteiger partial charge in [-0.05, 0) is 36.4 Å². The molecule has 3 rings (SSSR count). The number of nitro benzene ring substituents is 1. The van der Waals surface area contributed by atoms with Crippen molar-refractivity contribution >= 4 is 49.5 Å². The molecule has 0 spiro atoms. The van der Waals surface area contributed by atoms with Crippen molar-refractivity contribution in [2.75, 3.05) is 30.0 Å². The zero-order valence-electron chi connectivity index (χ0n) is 15.7. The van der Waals surface area contributed by atoms with Crippen molar-refractivity contribution in [2.45, 2.75) is 4.90 Å². The van der Waals surface area contributed by atoms with E-state index in [1.54, 1.807) is 24.3 Å². The second-order valence-electron chi connectivity index (χ2n) is 6.39. The van der Waals surface area contributed by atoms with Gasteiger partial charge in [0.1, 0.15) is 11.5 Å². The summed E-state index contributed by atoms with van der Waals surface area (Å²) >= 11 is 5.98.